The van der Waals surface area contributed by atoms with Crippen LogP contribution in [0.25, 0.3) is 0 Å². The van der Waals surface area contributed by atoms with Gasteiger partial charge in [0.1, 0.15) is 0 Å². The van der Waals surface area contributed by atoms with E-state index in [1.54, 1.807) is 0 Å². The first-order valence-corrected chi connectivity index (χ1v) is 4.80. The van der Waals surface area contributed by atoms with Crippen LogP contribution < -0.4 is 0 Å². The first-order chi connectivity index (χ1) is 6.74. The van der Waals surface area contributed by atoms with E-state index < -0.39 is 5.97 Å². The summed E-state index contributed by atoms with van der Waals surface area (Å²) in [7, 11) is 0. The molecule has 0 aromatic rings. The second kappa shape index (κ2) is 5.46. The van der Waals surface area contributed by atoms with Crippen LogP contribution in [-0.4, -0.2) is 35.1 Å². The van der Waals surface area contributed by atoms with E-state index in [1.165, 1.54) is 0 Å². The molecule has 0 aromatic carbocycles. The third kappa shape index (κ3) is 3.23. The Morgan fingerprint density at radius 2 is 2.50 bits per heavy atom. The van der Waals surface area contributed by atoms with E-state index in [9.17, 15) is 4.79 Å². The summed E-state index contributed by atoms with van der Waals surface area (Å²) >= 11 is 0. The zero-order chi connectivity index (χ0) is 10.4. The van der Waals surface area contributed by atoms with Crippen LogP contribution >= 0.6 is 0 Å². The normalized spacial score (nSPS) is 20.7. The number of hydrogen-bond acceptors (Lipinski definition) is 2. The van der Waals surface area contributed by atoms with E-state index in [0.29, 0.717) is 6.54 Å². The summed E-state index contributed by atoms with van der Waals surface area (Å²) < 4.78 is 0. The lowest BCUT2D eigenvalue weighted by atomic mass is 10.0. The van der Waals surface area contributed by atoms with E-state index in [4.69, 9.17) is 11.5 Å². The maximum absolute atomic E-state index is 10.6. The lowest BCUT2D eigenvalue weighted by Gasteiger charge is -2.28. The van der Waals surface area contributed by atoms with Crippen LogP contribution in [0.1, 0.15) is 19.3 Å². The van der Waals surface area contributed by atoms with Gasteiger partial charge in [-0.05, 0) is 19.3 Å². The largest absolute Gasteiger partial charge is 0.480 e. The Morgan fingerprint density at radius 3 is 3.00 bits per heavy atom. The van der Waals surface area contributed by atoms with Crippen LogP contribution in [0.3, 0.4) is 0 Å². The van der Waals surface area contributed by atoms with E-state index in [0.717, 1.165) is 19.3 Å². The van der Waals surface area contributed by atoms with Gasteiger partial charge in [0, 0.05) is 6.04 Å². The van der Waals surface area contributed by atoms with Crippen LogP contribution in [0.5, 0.6) is 0 Å². The summed E-state index contributed by atoms with van der Waals surface area (Å²) in [6.07, 6.45) is 12.6. The quantitative estimate of drug-likeness (QED) is 0.537. The molecule has 76 valence electrons. The number of terminal acetylenes is 1. The number of nitrogens with zero attached hydrogens (tertiary/aromatic N) is 1. The lowest BCUT2D eigenvalue weighted by molar-refractivity contribution is -0.138. The minimum atomic E-state index is -0.820. The molecule has 0 fully saturated rings. The molecule has 0 amide bonds. The second-order valence-corrected chi connectivity index (χ2v) is 3.43. The minimum absolute atomic E-state index is 0.0270. The fraction of sp³-hybridized carbons (Fsp3) is 0.545. The topological polar surface area (TPSA) is 40.5 Å². The van der Waals surface area contributed by atoms with Crippen LogP contribution in [0, 0.1) is 12.3 Å². The molecular formula is C11H15NO2. The monoisotopic (exact) mass is 193 g/mol. The Kier molecular flexibility index (Phi) is 4.21. The third-order valence-electron chi connectivity index (χ3n) is 2.33. The van der Waals surface area contributed by atoms with Crippen molar-refractivity contribution in [3.8, 4) is 12.3 Å². The van der Waals surface area contributed by atoms with Gasteiger partial charge < -0.3 is 5.11 Å². The summed E-state index contributed by atoms with van der Waals surface area (Å²) in [4.78, 5) is 12.4. The van der Waals surface area contributed by atoms with E-state index in [-0.39, 0.29) is 12.6 Å². The fourth-order valence-electron chi connectivity index (χ4n) is 1.68. The fourth-order valence-corrected chi connectivity index (χ4v) is 1.68. The maximum atomic E-state index is 10.6. The highest BCUT2D eigenvalue weighted by molar-refractivity contribution is 5.69. The van der Waals surface area contributed by atoms with Gasteiger partial charge in [-0.15, -0.1) is 6.42 Å². The summed E-state index contributed by atoms with van der Waals surface area (Å²) in [5.74, 6) is 1.68. The van der Waals surface area contributed by atoms with Crippen molar-refractivity contribution >= 4 is 5.97 Å². The molecule has 1 N–H and O–H groups in total. The highest BCUT2D eigenvalue weighted by atomic mass is 16.4. The smallest absolute Gasteiger partial charge is 0.317 e. The average Bonchev–Trinajstić information content (AvgIpc) is 2.18. The molecule has 0 heterocycles. The van der Waals surface area contributed by atoms with Crippen molar-refractivity contribution in [2.45, 2.75) is 25.3 Å². The number of rotatable bonds is 4. The van der Waals surface area contributed by atoms with Gasteiger partial charge in [-0.3, -0.25) is 9.69 Å². The molecule has 0 aromatic heterocycles. The Balaban J connectivity index is 2.56. The molecule has 1 unspecified atom stereocenters. The predicted molar refractivity (Wildman–Crippen MR) is 54.8 cm³/mol. The Hall–Kier alpha value is -1.27. The number of aliphatic carboxylic acids is 1. The van der Waals surface area contributed by atoms with Crippen molar-refractivity contribution in [3.63, 3.8) is 0 Å². The van der Waals surface area contributed by atoms with Gasteiger partial charge in [0.25, 0.3) is 0 Å². The number of allylic oxidation sites excluding steroid dienone is 1. The second-order valence-electron chi connectivity index (χ2n) is 3.43. The minimum Gasteiger partial charge on any atom is -0.480 e. The molecule has 0 saturated carbocycles. The molecule has 1 rings (SSSR count). The molecule has 0 aliphatic heterocycles. The van der Waals surface area contributed by atoms with Crippen molar-refractivity contribution in [2.24, 2.45) is 0 Å². The first kappa shape index (κ1) is 10.8. The summed E-state index contributed by atoms with van der Waals surface area (Å²) in [5.41, 5.74) is 0. The van der Waals surface area contributed by atoms with Crippen LogP contribution in [0.15, 0.2) is 12.2 Å². The Morgan fingerprint density at radius 1 is 1.71 bits per heavy atom. The molecule has 0 radical (unpaired) electrons. The van der Waals surface area contributed by atoms with Gasteiger partial charge in [0.15, 0.2) is 0 Å². The molecule has 3 heteroatoms. The Labute approximate surface area is 84.4 Å². The van der Waals surface area contributed by atoms with Crippen molar-refractivity contribution in [1.29, 1.82) is 0 Å². The van der Waals surface area contributed by atoms with Crippen molar-refractivity contribution < 1.29 is 9.90 Å². The lowest BCUT2D eigenvalue weighted by Crippen LogP contribution is -2.39. The SMILES string of the molecule is C#CCN(CC(=O)O)C1C=CCCC1. The van der Waals surface area contributed by atoms with Crippen LogP contribution in [0.4, 0.5) is 0 Å². The predicted octanol–water partition coefficient (Wildman–Crippen LogP) is 1.11. The standard InChI is InChI=1S/C11H15NO2/c1-2-8-12(9-11(13)14)10-6-4-3-5-7-10/h1,4,6,10H,3,5,7-9H2,(H,13,14). The molecule has 0 bridgehead atoms. The summed E-state index contributed by atoms with van der Waals surface area (Å²) in [5, 5.41) is 8.71. The number of carbonyl (C=O) groups is 1. The van der Waals surface area contributed by atoms with Crippen molar-refractivity contribution in [3.05, 3.63) is 12.2 Å². The zero-order valence-electron chi connectivity index (χ0n) is 8.15. The van der Waals surface area contributed by atoms with Crippen LogP contribution in [-0.2, 0) is 4.79 Å². The zero-order valence-corrected chi connectivity index (χ0v) is 8.15. The van der Waals surface area contributed by atoms with Gasteiger partial charge in [-0.2, -0.15) is 0 Å². The molecule has 0 spiro atoms. The number of hydrogen-bond donors (Lipinski definition) is 1. The molecule has 1 atom stereocenters. The average molecular weight is 193 g/mol. The van der Waals surface area contributed by atoms with E-state index in [2.05, 4.69) is 18.1 Å². The summed E-state index contributed by atoms with van der Waals surface area (Å²) in [6.45, 7) is 0.431. The van der Waals surface area contributed by atoms with Gasteiger partial charge in [0.2, 0.25) is 0 Å². The maximum Gasteiger partial charge on any atom is 0.317 e. The van der Waals surface area contributed by atoms with E-state index >= 15 is 0 Å². The molecule has 14 heavy (non-hydrogen) atoms. The molecule has 3 nitrogen and oxygen atoms in total. The first-order valence-electron chi connectivity index (χ1n) is 4.80. The summed E-state index contributed by atoms with van der Waals surface area (Å²) in [6, 6.07) is 0.205. The molecule has 1 aliphatic rings. The highest BCUT2D eigenvalue weighted by Crippen LogP contribution is 2.15. The van der Waals surface area contributed by atoms with E-state index in [1.807, 2.05) is 4.90 Å². The van der Waals surface area contributed by atoms with Crippen molar-refractivity contribution in [1.82, 2.24) is 4.90 Å². The third-order valence-corrected chi connectivity index (χ3v) is 2.33. The molecule has 1 aliphatic carbocycles. The number of carboxylic acids is 1. The highest BCUT2D eigenvalue weighted by Gasteiger charge is 2.18. The van der Waals surface area contributed by atoms with Gasteiger partial charge in [-0.1, -0.05) is 18.1 Å². The van der Waals surface area contributed by atoms with Crippen LogP contribution in [0.2, 0.25) is 0 Å². The molecular weight excluding hydrogens is 178 g/mol. The van der Waals surface area contributed by atoms with Crippen molar-refractivity contribution in [2.75, 3.05) is 13.1 Å². The molecule has 0 saturated heterocycles. The van der Waals surface area contributed by atoms with Gasteiger partial charge in [-0.25, -0.2) is 0 Å². The Bertz CT molecular complexity index is 265. The van der Waals surface area contributed by atoms with Gasteiger partial charge in [0.05, 0.1) is 13.1 Å². The number of carboxylic acid groups (broad SMARTS) is 1. The van der Waals surface area contributed by atoms with Gasteiger partial charge >= 0.3 is 5.97 Å².